The van der Waals surface area contributed by atoms with Gasteiger partial charge in [0.25, 0.3) is 15.7 Å². The van der Waals surface area contributed by atoms with E-state index in [4.69, 9.17) is 16.3 Å². The van der Waals surface area contributed by atoms with Gasteiger partial charge < -0.3 is 4.74 Å². The van der Waals surface area contributed by atoms with Gasteiger partial charge in [-0.1, -0.05) is 25.4 Å². The zero-order valence-electron chi connectivity index (χ0n) is 13.4. The summed E-state index contributed by atoms with van der Waals surface area (Å²) in [5.74, 6) is -0.773. The Morgan fingerprint density at radius 1 is 1.36 bits per heavy atom. The van der Waals surface area contributed by atoms with Crippen LogP contribution in [-0.2, 0) is 14.8 Å². The lowest BCUT2D eigenvalue weighted by atomic mass is 10.2. The normalized spacial score (nSPS) is 11.5. The van der Waals surface area contributed by atoms with Crippen LogP contribution in [0.25, 0.3) is 0 Å². The van der Waals surface area contributed by atoms with E-state index in [1.54, 1.807) is 0 Å². The fourth-order valence-corrected chi connectivity index (χ4v) is 3.76. The van der Waals surface area contributed by atoms with Crippen LogP contribution in [0, 0.1) is 16.0 Å². The van der Waals surface area contributed by atoms with Gasteiger partial charge in [-0.25, -0.2) is 17.2 Å². The van der Waals surface area contributed by atoms with Crippen molar-refractivity contribution in [1.82, 2.24) is 3.97 Å². The first-order chi connectivity index (χ1) is 11.6. The summed E-state index contributed by atoms with van der Waals surface area (Å²) in [4.78, 5) is 21.8. The first kappa shape index (κ1) is 18.9. The van der Waals surface area contributed by atoms with Crippen LogP contribution in [0.2, 0.25) is 5.02 Å². The maximum atomic E-state index is 12.8. The van der Waals surface area contributed by atoms with Crippen LogP contribution in [0.15, 0.2) is 41.4 Å². The van der Waals surface area contributed by atoms with Crippen LogP contribution < -0.4 is 0 Å². The zero-order valence-corrected chi connectivity index (χ0v) is 15.0. The van der Waals surface area contributed by atoms with E-state index in [-0.39, 0.29) is 23.2 Å². The second-order valence-corrected chi connectivity index (χ2v) is 7.78. The number of carbonyl (C=O) groups is 1. The van der Waals surface area contributed by atoms with Gasteiger partial charge in [-0.3, -0.25) is 10.1 Å². The average Bonchev–Trinajstić information content (AvgIpc) is 3.02. The lowest BCUT2D eigenvalue weighted by Gasteiger charge is -2.11. The molecule has 8 nitrogen and oxygen atoms in total. The molecule has 0 saturated carbocycles. The Balaban J connectivity index is 2.53. The minimum Gasteiger partial charge on any atom is -0.461 e. The monoisotopic (exact) mass is 386 g/mol. The molecule has 0 fully saturated rings. The third-order valence-electron chi connectivity index (χ3n) is 3.13. The minimum atomic E-state index is -4.42. The van der Waals surface area contributed by atoms with Crippen molar-refractivity contribution in [3.8, 4) is 0 Å². The number of nitro benzene ring substituents is 1. The van der Waals surface area contributed by atoms with Gasteiger partial charge in [0.15, 0.2) is 4.90 Å². The first-order valence-electron chi connectivity index (χ1n) is 7.18. The van der Waals surface area contributed by atoms with E-state index in [0.717, 1.165) is 18.3 Å². The van der Waals surface area contributed by atoms with E-state index in [0.29, 0.717) is 3.97 Å². The second-order valence-electron chi connectivity index (χ2n) is 5.56. The van der Waals surface area contributed by atoms with Crippen molar-refractivity contribution < 1.29 is 22.9 Å². The van der Waals surface area contributed by atoms with Crippen molar-refractivity contribution in [3.05, 3.63) is 57.4 Å². The summed E-state index contributed by atoms with van der Waals surface area (Å²) in [7, 11) is -4.42. The first-order valence-corrected chi connectivity index (χ1v) is 9.00. The van der Waals surface area contributed by atoms with Gasteiger partial charge >= 0.3 is 5.97 Å². The summed E-state index contributed by atoms with van der Waals surface area (Å²) in [6.07, 6.45) is 1.12. The fraction of sp³-hybridized carbons (Fsp3) is 0.267. The summed E-state index contributed by atoms with van der Waals surface area (Å²) in [6, 6.07) is 5.77. The van der Waals surface area contributed by atoms with Crippen molar-refractivity contribution >= 4 is 33.3 Å². The van der Waals surface area contributed by atoms with Crippen molar-refractivity contribution in [1.29, 1.82) is 0 Å². The summed E-state index contributed by atoms with van der Waals surface area (Å²) in [6.45, 7) is 3.78. The largest absolute Gasteiger partial charge is 0.461 e. The molecule has 0 N–H and O–H groups in total. The highest BCUT2D eigenvalue weighted by atomic mass is 35.5. The predicted molar refractivity (Wildman–Crippen MR) is 90.2 cm³/mol. The molecule has 2 rings (SSSR count). The molecule has 0 atom stereocenters. The highest BCUT2D eigenvalue weighted by Crippen LogP contribution is 2.29. The van der Waals surface area contributed by atoms with Crippen LogP contribution in [-0.4, -0.2) is 29.9 Å². The lowest BCUT2D eigenvalue weighted by Crippen LogP contribution is -2.21. The molecule has 1 aromatic heterocycles. The Labute approximate surface area is 149 Å². The van der Waals surface area contributed by atoms with Gasteiger partial charge in [0.1, 0.15) is 5.69 Å². The zero-order chi connectivity index (χ0) is 18.8. The Bertz CT molecular complexity index is 920. The Kier molecular flexibility index (Phi) is 5.48. The molecule has 1 aromatic carbocycles. The van der Waals surface area contributed by atoms with E-state index in [1.807, 2.05) is 13.8 Å². The number of nitrogens with zero attached hydrogens (tertiary/aromatic N) is 2. The van der Waals surface area contributed by atoms with E-state index in [9.17, 15) is 23.3 Å². The van der Waals surface area contributed by atoms with E-state index in [1.165, 1.54) is 18.2 Å². The van der Waals surface area contributed by atoms with Crippen molar-refractivity contribution in [2.75, 3.05) is 6.61 Å². The Hall–Kier alpha value is -2.39. The molecule has 0 bridgehead atoms. The molecular formula is C15H15ClN2O6S. The molecule has 0 amide bonds. The maximum absolute atomic E-state index is 12.8. The van der Waals surface area contributed by atoms with E-state index >= 15 is 0 Å². The Morgan fingerprint density at radius 2 is 2.04 bits per heavy atom. The van der Waals surface area contributed by atoms with Gasteiger partial charge in [0.05, 0.1) is 11.5 Å². The number of hydrogen-bond acceptors (Lipinski definition) is 6. The number of rotatable bonds is 6. The number of benzene rings is 1. The van der Waals surface area contributed by atoms with Gasteiger partial charge in [0, 0.05) is 17.3 Å². The number of aromatic nitrogens is 1. The molecule has 0 aliphatic carbocycles. The number of esters is 1. The third kappa shape index (κ3) is 3.99. The van der Waals surface area contributed by atoms with Crippen molar-refractivity contribution in [2.24, 2.45) is 5.92 Å². The van der Waals surface area contributed by atoms with Crippen LogP contribution in [0.3, 0.4) is 0 Å². The summed E-state index contributed by atoms with van der Waals surface area (Å²) < 4.78 is 31.3. The predicted octanol–water partition coefficient (Wildman–Crippen LogP) is 3.10. The molecule has 0 aliphatic rings. The molecule has 10 heteroatoms. The molecule has 0 aliphatic heterocycles. The van der Waals surface area contributed by atoms with E-state index in [2.05, 4.69) is 0 Å². The highest BCUT2D eigenvalue weighted by Gasteiger charge is 2.30. The number of halogens is 1. The molecule has 0 unspecified atom stereocenters. The molecule has 0 saturated heterocycles. The van der Waals surface area contributed by atoms with Crippen LogP contribution in [0.4, 0.5) is 5.69 Å². The lowest BCUT2D eigenvalue weighted by molar-refractivity contribution is -0.387. The number of carbonyl (C=O) groups excluding carboxylic acids is 1. The summed E-state index contributed by atoms with van der Waals surface area (Å²) in [5.41, 5.74) is -0.894. The molecule has 25 heavy (non-hydrogen) atoms. The highest BCUT2D eigenvalue weighted by molar-refractivity contribution is 7.90. The Morgan fingerprint density at radius 3 is 2.64 bits per heavy atom. The third-order valence-corrected chi connectivity index (χ3v) is 5.08. The minimum absolute atomic E-state index is 0.0141. The standard InChI is InChI=1S/C15H15ClN2O6S/c1-10(2)9-24-15(19)13-4-3-7-17(13)25(22,23)14-8-11(16)5-6-12(14)18(20)21/h3-8,10H,9H2,1-2H3. The van der Waals surface area contributed by atoms with Gasteiger partial charge in [-0.05, 0) is 30.2 Å². The van der Waals surface area contributed by atoms with Crippen molar-refractivity contribution in [2.45, 2.75) is 18.7 Å². The molecule has 1 heterocycles. The molecule has 2 aromatic rings. The fourth-order valence-electron chi connectivity index (χ4n) is 2.00. The maximum Gasteiger partial charge on any atom is 0.356 e. The smallest absolute Gasteiger partial charge is 0.356 e. The van der Waals surface area contributed by atoms with Crippen LogP contribution >= 0.6 is 11.6 Å². The molecule has 0 spiro atoms. The number of ether oxygens (including phenoxy) is 1. The summed E-state index contributed by atoms with van der Waals surface area (Å²) >= 11 is 5.79. The quantitative estimate of drug-likeness (QED) is 0.428. The van der Waals surface area contributed by atoms with Crippen LogP contribution in [0.5, 0.6) is 0 Å². The van der Waals surface area contributed by atoms with Crippen LogP contribution in [0.1, 0.15) is 24.3 Å². The van der Waals surface area contributed by atoms with Gasteiger partial charge in [-0.2, -0.15) is 0 Å². The second kappa shape index (κ2) is 7.24. The topological polar surface area (TPSA) is 109 Å². The van der Waals surface area contributed by atoms with Crippen molar-refractivity contribution in [3.63, 3.8) is 0 Å². The summed E-state index contributed by atoms with van der Waals surface area (Å²) in [5, 5.41) is 11.2. The molecular weight excluding hydrogens is 372 g/mol. The SMILES string of the molecule is CC(C)COC(=O)c1cccn1S(=O)(=O)c1cc(Cl)ccc1[N+](=O)[O-]. The number of hydrogen-bond donors (Lipinski definition) is 0. The number of nitro groups is 1. The molecule has 134 valence electrons. The average molecular weight is 387 g/mol. The van der Waals surface area contributed by atoms with Gasteiger partial charge in [-0.15, -0.1) is 0 Å². The molecule has 0 radical (unpaired) electrons. The van der Waals surface area contributed by atoms with Gasteiger partial charge in [0.2, 0.25) is 0 Å². The van der Waals surface area contributed by atoms with E-state index < -0.39 is 31.5 Å².